The van der Waals surface area contributed by atoms with Gasteiger partial charge in [-0.3, -0.25) is 4.90 Å². The Kier molecular flexibility index (Phi) is 9.80. The number of hydrogen-bond donors (Lipinski definition) is 3. The zero-order chi connectivity index (χ0) is 9.94. The van der Waals surface area contributed by atoms with Gasteiger partial charge in [0.25, 0.3) is 0 Å². The van der Waals surface area contributed by atoms with Crippen molar-refractivity contribution in [1.29, 1.82) is 0 Å². The first-order valence-corrected chi connectivity index (χ1v) is 5.27. The Balaban J connectivity index is 0.000000671. The summed E-state index contributed by atoms with van der Waals surface area (Å²) in [4.78, 5) is 2.44. The minimum absolute atomic E-state index is 0.589. The van der Waals surface area contributed by atoms with Gasteiger partial charge in [0.05, 0.1) is 0 Å². The molecule has 1 fully saturated rings. The Hall–Kier alpha value is -0.160. The predicted molar refractivity (Wildman–Crippen MR) is 57.7 cm³/mol. The van der Waals surface area contributed by atoms with E-state index in [1.807, 2.05) is 13.8 Å². The largest absolute Gasteiger partial charge is 0.318 e. The highest BCUT2D eigenvalue weighted by Crippen LogP contribution is 1.89. The zero-order valence-corrected chi connectivity index (χ0v) is 8.97. The average Bonchev–Trinajstić information content (AvgIpc) is 2.23. The van der Waals surface area contributed by atoms with E-state index < -0.39 is 0 Å². The lowest BCUT2D eigenvalue weighted by molar-refractivity contribution is 0.241. The molecule has 13 heavy (non-hydrogen) atoms. The van der Waals surface area contributed by atoms with Crippen LogP contribution in [0.1, 0.15) is 13.8 Å². The maximum absolute atomic E-state index is 5.30. The van der Waals surface area contributed by atoms with Crippen LogP contribution in [0.4, 0.5) is 0 Å². The molecule has 0 aliphatic carbocycles. The van der Waals surface area contributed by atoms with E-state index in [0.717, 1.165) is 26.2 Å². The van der Waals surface area contributed by atoms with Crippen molar-refractivity contribution < 1.29 is 0 Å². The summed E-state index contributed by atoms with van der Waals surface area (Å²) in [5, 5.41) is 6.43. The molecule has 4 heteroatoms. The van der Waals surface area contributed by atoms with Crippen molar-refractivity contribution in [3.05, 3.63) is 0 Å². The van der Waals surface area contributed by atoms with Gasteiger partial charge in [0.1, 0.15) is 0 Å². The predicted octanol–water partition coefficient (Wildman–Crippen LogP) is -0.576. The van der Waals surface area contributed by atoms with Crippen LogP contribution in [0.25, 0.3) is 0 Å². The van der Waals surface area contributed by atoms with Gasteiger partial charge in [-0.1, -0.05) is 13.8 Å². The fourth-order valence-electron chi connectivity index (χ4n) is 1.27. The minimum Gasteiger partial charge on any atom is -0.318 e. The summed E-state index contributed by atoms with van der Waals surface area (Å²) in [5.74, 6) is 0. The molecular formula is C9H24N4. The molecule has 0 unspecified atom stereocenters. The summed E-state index contributed by atoms with van der Waals surface area (Å²) in [6.07, 6.45) is 0. The zero-order valence-electron chi connectivity index (χ0n) is 8.97. The van der Waals surface area contributed by atoms with E-state index in [9.17, 15) is 0 Å². The maximum Gasteiger partial charge on any atom is 0.0429 e. The van der Waals surface area contributed by atoms with Crippen molar-refractivity contribution in [2.24, 2.45) is 5.73 Å². The van der Waals surface area contributed by atoms with E-state index >= 15 is 0 Å². The van der Waals surface area contributed by atoms with E-state index in [1.54, 1.807) is 0 Å². The molecule has 1 rings (SSSR count). The summed E-state index contributed by atoms with van der Waals surface area (Å²) in [6.45, 7) is 11.3. The molecule has 0 amide bonds. The van der Waals surface area contributed by atoms with E-state index in [1.165, 1.54) is 13.1 Å². The third-order valence-corrected chi connectivity index (χ3v) is 1.96. The second kappa shape index (κ2) is 9.92. The molecule has 1 heterocycles. The van der Waals surface area contributed by atoms with Crippen molar-refractivity contribution >= 4 is 0 Å². The standard InChI is InChI=1S/C7H18N4.C2H6/c8-7-10-3-6-11-4-1-9-2-5-11;1-2/h9-10H,1-8H2;1-2H3. The van der Waals surface area contributed by atoms with Crippen molar-refractivity contribution in [3.8, 4) is 0 Å². The van der Waals surface area contributed by atoms with Crippen LogP contribution in [0.5, 0.6) is 0 Å². The molecule has 0 saturated carbocycles. The third kappa shape index (κ3) is 6.95. The average molecular weight is 188 g/mol. The lowest BCUT2D eigenvalue weighted by Crippen LogP contribution is -2.46. The van der Waals surface area contributed by atoms with Crippen molar-refractivity contribution in [2.75, 3.05) is 45.9 Å². The fourth-order valence-corrected chi connectivity index (χ4v) is 1.27. The number of nitrogens with two attached hydrogens (primary N) is 1. The highest BCUT2D eigenvalue weighted by atomic mass is 15.2. The minimum atomic E-state index is 0.589. The number of nitrogens with one attached hydrogen (secondary N) is 2. The highest BCUT2D eigenvalue weighted by Gasteiger charge is 2.07. The molecule has 0 aromatic carbocycles. The van der Waals surface area contributed by atoms with Gasteiger partial charge >= 0.3 is 0 Å². The van der Waals surface area contributed by atoms with Crippen LogP contribution in [-0.4, -0.2) is 50.8 Å². The van der Waals surface area contributed by atoms with Gasteiger partial charge in [-0.2, -0.15) is 0 Å². The molecule has 4 N–H and O–H groups in total. The Labute approximate surface area is 81.9 Å². The van der Waals surface area contributed by atoms with Crippen molar-refractivity contribution in [3.63, 3.8) is 0 Å². The Morgan fingerprint density at radius 2 is 1.92 bits per heavy atom. The first-order valence-electron chi connectivity index (χ1n) is 5.27. The summed E-state index contributed by atoms with van der Waals surface area (Å²) >= 11 is 0. The van der Waals surface area contributed by atoms with Gasteiger partial charge in [-0.15, -0.1) is 0 Å². The van der Waals surface area contributed by atoms with Crippen molar-refractivity contribution in [2.45, 2.75) is 13.8 Å². The topological polar surface area (TPSA) is 53.3 Å². The SMILES string of the molecule is CC.NCNCCN1CCNCC1. The molecule has 1 aliphatic heterocycles. The highest BCUT2D eigenvalue weighted by molar-refractivity contribution is 4.67. The maximum atomic E-state index is 5.30. The summed E-state index contributed by atoms with van der Waals surface area (Å²) in [5.41, 5.74) is 5.30. The Bertz CT molecular complexity index is 91.6. The second-order valence-corrected chi connectivity index (χ2v) is 2.80. The van der Waals surface area contributed by atoms with E-state index in [-0.39, 0.29) is 0 Å². The quantitative estimate of drug-likeness (QED) is 0.408. The summed E-state index contributed by atoms with van der Waals surface area (Å²) < 4.78 is 0. The third-order valence-electron chi connectivity index (χ3n) is 1.96. The van der Waals surface area contributed by atoms with E-state index in [4.69, 9.17) is 5.73 Å². The molecule has 0 bridgehead atoms. The van der Waals surface area contributed by atoms with E-state index in [2.05, 4.69) is 15.5 Å². The van der Waals surface area contributed by atoms with Gasteiger partial charge in [0, 0.05) is 45.9 Å². The summed E-state index contributed by atoms with van der Waals surface area (Å²) in [7, 11) is 0. The molecule has 0 aromatic heterocycles. The number of rotatable bonds is 4. The molecule has 1 aliphatic rings. The van der Waals surface area contributed by atoms with Crippen molar-refractivity contribution in [1.82, 2.24) is 15.5 Å². The van der Waals surface area contributed by atoms with Gasteiger partial charge < -0.3 is 16.4 Å². The lowest BCUT2D eigenvalue weighted by atomic mass is 10.3. The van der Waals surface area contributed by atoms with Gasteiger partial charge in [0.2, 0.25) is 0 Å². The molecule has 4 nitrogen and oxygen atoms in total. The summed E-state index contributed by atoms with van der Waals surface area (Å²) in [6, 6.07) is 0. The second-order valence-electron chi connectivity index (χ2n) is 2.80. The van der Waals surface area contributed by atoms with Crippen LogP contribution in [0.3, 0.4) is 0 Å². The van der Waals surface area contributed by atoms with Gasteiger partial charge in [-0.05, 0) is 0 Å². The first-order chi connectivity index (χ1) is 6.43. The number of hydrogen-bond acceptors (Lipinski definition) is 4. The molecule has 0 atom stereocenters. The molecular weight excluding hydrogens is 164 g/mol. The monoisotopic (exact) mass is 188 g/mol. The van der Waals surface area contributed by atoms with Crippen LogP contribution in [0.2, 0.25) is 0 Å². The molecule has 0 aromatic rings. The van der Waals surface area contributed by atoms with E-state index in [0.29, 0.717) is 6.67 Å². The van der Waals surface area contributed by atoms with Crippen LogP contribution < -0.4 is 16.4 Å². The Morgan fingerprint density at radius 1 is 1.31 bits per heavy atom. The number of nitrogens with zero attached hydrogens (tertiary/aromatic N) is 1. The van der Waals surface area contributed by atoms with Gasteiger partial charge in [-0.25, -0.2) is 0 Å². The number of piperazine rings is 1. The van der Waals surface area contributed by atoms with Crippen LogP contribution >= 0.6 is 0 Å². The van der Waals surface area contributed by atoms with Crippen LogP contribution in [0.15, 0.2) is 0 Å². The fraction of sp³-hybridized carbons (Fsp3) is 1.00. The lowest BCUT2D eigenvalue weighted by Gasteiger charge is -2.26. The van der Waals surface area contributed by atoms with Gasteiger partial charge in [0.15, 0.2) is 0 Å². The Morgan fingerprint density at radius 3 is 2.46 bits per heavy atom. The normalized spacial score (nSPS) is 17.8. The smallest absolute Gasteiger partial charge is 0.0429 e. The first kappa shape index (κ1) is 12.8. The van der Waals surface area contributed by atoms with Crippen LogP contribution in [-0.2, 0) is 0 Å². The molecule has 80 valence electrons. The molecule has 0 spiro atoms. The van der Waals surface area contributed by atoms with Crippen LogP contribution in [0, 0.1) is 0 Å². The molecule has 0 radical (unpaired) electrons. The molecule has 1 saturated heterocycles.